The predicted molar refractivity (Wildman–Crippen MR) is 172 cm³/mol. The van der Waals surface area contributed by atoms with Gasteiger partial charge in [0, 0.05) is 44.6 Å². The number of carboxylic acid groups (broad SMARTS) is 1. The van der Waals surface area contributed by atoms with E-state index < -0.39 is 12.0 Å². The normalized spacial score (nSPS) is 16.2. The van der Waals surface area contributed by atoms with E-state index in [1.807, 2.05) is 48.5 Å². The standard InChI is InChI=1S/C35H44N2O9/c1-41-17-5-20-45-32-21-25(9-14-30(32)34(36)38)23-46-33-22-37(35(39)40)16-15-29(33)26-10-12-28(13-11-26)44-19-6-18-43-24-27-7-3-4-8-31(27)42-2/h3-4,7-14,21,29,33H,5-6,15-20,22-24H2,1-2H3,(H2,36,38)(H,39,40). The Kier molecular flexibility index (Phi) is 13.5. The monoisotopic (exact) mass is 636 g/mol. The van der Waals surface area contributed by atoms with E-state index in [-0.39, 0.29) is 30.7 Å². The van der Waals surface area contributed by atoms with E-state index >= 15 is 0 Å². The second-order valence-corrected chi connectivity index (χ2v) is 11.0. The highest BCUT2D eigenvalue weighted by Gasteiger charge is 2.33. The minimum atomic E-state index is -0.972. The first-order chi connectivity index (χ1) is 22.4. The smallest absolute Gasteiger partial charge is 0.407 e. The molecule has 3 aromatic carbocycles. The van der Waals surface area contributed by atoms with Gasteiger partial charge in [0.25, 0.3) is 5.91 Å². The van der Waals surface area contributed by atoms with Crippen molar-refractivity contribution in [2.75, 3.05) is 53.7 Å². The number of carbonyl (C=O) groups excluding carboxylic acids is 1. The first-order valence-corrected chi connectivity index (χ1v) is 15.5. The van der Waals surface area contributed by atoms with Gasteiger partial charge in [-0.1, -0.05) is 36.4 Å². The number of hydrogen-bond donors (Lipinski definition) is 2. The van der Waals surface area contributed by atoms with E-state index in [4.69, 9.17) is 34.2 Å². The highest BCUT2D eigenvalue weighted by molar-refractivity contribution is 5.95. The molecule has 3 aromatic rings. The zero-order chi connectivity index (χ0) is 32.7. The van der Waals surface area contributed by atoms with Gasteiger partial charge < -0.3 is 44.2 Å². The molecule has 1 saturated heterocycles. The number of rotatable bonds is 18. The van der Waals surface area contributed by atoms with Crippen LogP contribution in [0.4, 0.5) is 4.79 Å². The van der Waals surface area contributed by atoms with E-state index in [1.54, 1.807) is 32.4 Å². The molecule has 1 fully saturated rings. The topological polar surface area (TPSA) is 139 Å². The van der Waals surface area contributed by atoms with Crippen LogP contribution in [0.3, 0.4) is 0 Å². The number of para-hydroxylation sites is 1. The molecule has 0 aliphatic carbocycles. The third-order valence-electron chi connectivity index (χ3n) is 7.82. The maximum absolute atomic E-state index is 11.9. The van der Waals surface area contributed by atoms with Gasteiger partial charge in [-0.3, -0.25) is 4.79 Å². The van der Waals surface area contributed by atoms with Crippen LogP contribution >= 0.6 is 0 Å². The Labute approximate surface area is 270 Å². The molecule has 248 valence electrons. The van der Waals surface area contributed by atoms with Gasteiger partial charge in [-0.05, 0) is 47.9 Å². The molecule has 1 aliphatic rings. The fourth-order valence-electron chi connectivity index (χ4n) is 5.38. The largest absolute Gasteiger partial charge is 0.496 e. The lowest BCUT2D eigenvalue weighted by molar-refractivity contribution is -0.0200. The number of nitrogens with two attached hydrogens (primary N) is 1. The number of primary amides is 1. The Morgan fingerprint density at radius 1 is 0.891 bits per heavy atom. The summed E-state index contributed by atoms with van der Waals surface area (Å²) in [6.45, 7) is 3.32. The number of hydrogen-bond acceptors (Lipinski definition) is 8. The lowest BCUT2D eigenvalue weighted by Gasteiger charge is -2.37. The molecule has 3 N–H and O–H groups in total. The first kappa shape index (κ1) is 34.6. The molecule has 11 heteroatoms. The van der Waals surface area contributed by atoms with Crippen LogP contribution in [-0.4, -0.2) is 81.8 Å². The molecule has 2 amide bonds. The molecule has 1 aliphatic heterocycles. The average molecular weight is 637 g/mol. The summed E-state index contributed by atoms with van der Waals surface area (Å²) in [5, 5.41) is 9.66. The van der Waals surface area contributed by atoms with E-state index in [2.05, 4.69) is 0 Å². The van der Waals surface area contributed by atoms with Gasteiger partial charge in [-0.2, -0.15) is 0 Å². The van der Waals surface area contributed by atoms with Gasteiger partial charge in [0.05, 0.1) is 58.4 Å². The summed E-state index contributed by atoms with van der Waals surface area (Å²) in [6, 6.07) is 20.8. The Morgan fingerprint density at radius 3 is 2.39 bits per heavy atom. The van der Waals surface area contributed by atoms with Gasteiger partial charge in [0.15, 0.2) is 0 Å². The van der Waals surface area contributed by atoms with Crippen LogP contribution in [-0.2, 0) is 27.4 Å². The van der Waals surface area contributed by atoms with E-state index in [1.165, 1.54) is 4.90 Å². The van der Waals surface area contributed by atoms with Crippen molar-refractivity contribution in [2.45, 2.75) is 44.5 Å². The quantitative estimate of drug-likeness (QED) is 0.179. The second-order valence-electron chi connectivity index (χ2n) is 11.0. The summed E-state index contributed by atoms with van der Waals surface area (Å²) < 4.78 is 34.3. The van der Waals surface area contributed by atoms with Crippen molar-refractivity contribution in [1.82, 2.24) is 4.90 Å². The zero-order valence-electron chi connectivity index (χ0n) is 26.5. The van der Waals surface area contributed by atoms with Gasteiger partial charge in [-0.15, -0.1) is 0 Å². The number of carbonyl (C=O) groups is 2. The van der Waals surface area contributed by atoms with Crippen molar-refractivity contribution in [2.24, 2.45) is 5.73 Å². The molecule has 0 saturated carbocycles. The summed E-state index contributed by atoms with van der Waals surface area (Å²) >= 11 is 0. The van der Waals surface area contributed by atoms with Crippen molar-refractivity contribution in [3.05, 3.63) is 89.0 Å². The van der Waals surface area contributed by atoms with Crippen LogP contribution in [0.2, 0.25) is 0 Å². The van der Waals surface area contributed by atoms with Crippen LogP contribution in [0.15, 0.2) is 66.7 Å². The van der Waals surface area contributed by atoms with Crippen LogP contribution in [0.5, 0.6) is 17.2 Å². The lowest BCUT2D eigenvalue weighted by Crippen LogP contribution is -2.46. The third kappa shape index (κ3) is 10.1. The summed E-state index contributed by atoms with van der Waals surface area (Å²) in [6.07, 6.45) is 0.669. The Morgan fingerprint density at radius 2 is 1.65 bits per heavy atom. The Balaban J connectivity index is 1.32. The SMILES string of the molecule is COCCCOc1cc(COC2CN(C(=O)O)CCC2c2ccc(OCCCOCc3ccccc3OC)cc2)ccc1C(N)=O. The molecular formula is C35H44N2O9. The van der Waals surface area contributed by atoms with Gasteiger partial charge in [0.2, 0.25) is 0 Å². The molecular weight excluding hydrogens is 592 g/mol. The number of nitrogens with zero attached hydrogens (tertiary/aromatic N) is 1. The molecule has 46 heavy (non-hydrogen) atoms. The number of likely N-dealkylation sites (tertiary alicyclic amines) is 1. The molecule has 2 atom stereocenters. The number of piperidine rings is 1. The molecule has 11 nitrogen and oxygen atoms in total. The summed E-state index contributed by atoms with van der Waals surface area (Å²) in [7, 11) is 3.26. The van der Waals surface area contributed by atoms with Crippen molar-refractivity contribution in [1.29, 1.82) is 0 Å². The number of methoxy groups -OCH3 is 2. The van der Waals surface area contributed by atoms with Crippen molar-refractivity contribution >= 4 is 12.0 Å². The summed E-state index contributed by atoms with van der Waals surface area (Å²) in [5.74, 6) is 1.36. The highest BCUT2D eigenvalue weighted by Crippen LogP contribution is 2.33. The van der Waals surface area contributed by atoms with Gasteiger partial charge >= 0.3 is 6.09 Å². The van der Waals surface area contributed by atoms with Crippen LogP contribution in [0, 0.1) is 0 Å². The minimum absolute atomic E-state index is 0.0114. The highest BCUT2D eigenvalue weighted by atomic mass is 16.5. The number of ether oxygens (including phenoxy) is 6. The first-order valence-electron chi connectivity index (χ1n) is 15.5. The van der Waals surface area contributed by atoms with E-state index in [9.17, 15) is 14.7 Å². The molecule has 2 unspecified atom stereocenters. The van der Waals surface area contributed by atoms with Crippen molar-refractivity contribution in [3.8, 4) is 17.2 Å². The van der Waals surface area contributed by atoms with Crippen LogP contribution < -0.4 is 19.9 Å². The average Bonchev–Trinajstić information content (AvgIpc) is 3.07. The van der Waals surface area contributed by atoms with Gasteiger partial charge in [-0.25, -0.2) is 4.79 Å². The predicted octanol–water partition coefficient (Wildman–Crippen LogP) is 5.25. The van der Waals surface area contributed by atoms with Crippen molar-refractivity contribution < 1.29 is 43.1 Å². The second kappa shape index (κ2) is 18.0. The van der Waals surface area contributed by atoms with E-state index in [0.29, 0.717) is 58.2 Å². The minimum Gasteiger partial charge on any atom is -0.496 e. The molecule has 1 heterocycles. The fraction of sp³-hybridized carbons (Fsp3) is 0.429. The molecule has 0 spiro atoms. The summed E-state index contributed by atoms with van der Waals surface area (Å²) in [5.41, 5.74) is 8.67. The third-order valence-corrected chi connectivity index (χ3v) is 7.82. The number of amides is 2. The van der Waals surface area contributed by atoms with E-state index in [0.717, 1.165) is 34.6 Å². The zero-order valence-corrected chi connectivity index (χ0v) is 26.5. The lowest BCUT2D eigenvalue weighted by atomic mass is 9.87. The Hall–Kier alpha value is -4.32. The maximum Gasteiger partial charge on any atom is 0.407 e. The Bertz CT molecular complexity index is 1400. The molecule has 0 aromatic heterocycles. The van der Waals surface area contributed by atoms with Crippen LogP contribution in [0.1, 0.15) is 52.2 Å². The fourth-order valence-corrected chi connectivity index (χ4v) is 5.38. The molecule has 0 radical (unpaired) electrons. The number of benzene rings is 3. The van der Waals surface area contributed by atoms with Crippen LogP contribution in [0.25, 0.3) is 0 Å². The maximum atomic E-state index is 11.9. The van der Waals surface area contributed by atoms with Gasteiger partial charge in [0.1, 0.15) is 17.2 Å². The molecule has 4 rings (SSSR count). The summed E-state index contributed by atoms with van der Waals surface area (Å²) in [4.78, 5) is 25.1. The van der Waals surface area contributed by atoms with Crippen molar-refractivity contribution in [3.63, 3.8) is 0 Å². The molecule has 0 bridgehead atoms.